The number of nitrogens with zero attached hydrogens (tertiary/aromatic N) is 4. The Hall–Kier alpha value is -3.15. The molecule has 0 fully saturated rings. The van der Waals surface area contributed by atoms with E-state index >= 15 is 0 Å². The van der Waals surface area contributed by atoms with Gasteiger partial charge in [0.2, 0.25) is 11.0 Å². The summed E-state index contributed by atoms with van der Waals surface area (Å²) >= 11 is 4.13. The molecule has 8 nitrogen and oxygen atoms in total. The molecule has 34 heavy (non-hydrogen) atoms. The fraction of sp³-hybridized carbons (Fsp3) is 0.174. The Morgan fingerprint density at radius 1 is 1.12 bits per heavy atom. The lowest BCUT2D eigenvalue weighted by molar-refractivity contribution is -0.113. The Kier molecular flexibility index (Phi) is 6.40. The Morgan fingerprint density at radius 2 is 1.91 bits per heavy atom. The minimum Gasteiger partial charge on any atom is -0.349 e. The van der Waals surface area contributed by atoms with Gasteiger partial charge in [0.05, 0.1) is 11.4 Å². The average molecular weight is 509 g/mol. The lowest BCUT2D eigenvalue weighted by Gasteiger charge is -2.14. The van der Waals surface area contributed by atoms with Crippen LogP contribution in [0.4, 0.5) is 5.13 Å². The van der Waals surface area contributed by atoms with Crippen molar-refractivity contribution in [2.75, 3.05) is 16.8 Å². The summed E-state index contributed by atoms with van der Waals surface area (Å²) in [6, 6.07) is 15.3. The third kappa shape index (κ3) is 4.33. The van der Waals surface area contributed by atoms with E-state index in [9.17, 15) is 9.59 Å². The predicted molar refractivity (Wildman–Crippen MR) is 140 cm³/mol. The van der Waals surface area contributed by atoms with Gasteiger partial charge in [0, 0.05) is 10.9 Å². The van der Waals surface area contributed by atoms with Gasteiger partial charge in [-0.2, -0.15) is 0 Å². The van der Waals surface area contributed by atoms with Crippen molar-refractivity contribution in [1.82, 2.24) is 24.7 Å². The highest BCUT2D eigenvalue weighted by atomic mass is 32.2. The summed E-state index contributed by atoms with van der Waals surface area (Å²) in [6.07, 6.45) is 0. The Balaban J connectivity index is 1.52. The summed E-state index contributed by atoms with van der Waals surface area (Å²) in [4.78, 5) is 34.3. The van der Waals surface area contributed by atoms with Crippen molar-refractivity contribution in [2.24, 2.45) is 0 Å². The zero-order chi connectivity index (χ0) is 23.7. The maximum absolute atomic E-state index is 13.6. The number of rotatable bonds is 7. The first kappa shape index (κ1) is 22.6. The molecule has 0 aliphatic rings. The van der Waals surface area contributed by atoms with Crippen molar-refractivity contribution in [3.05, 3.63) is 64.4 Å². The molecule has 2 aromatic carbocycles. The molecule has 0 aliphatic carbocycles. The highest BCUT2D eigenvalue weighted by Crippen LogP contribution is 2.28. The number of fused-ring (bicyclic) bond motifs is 3. The van der Waals surface area contributed by atoms with E-state index in [4.69, 9.17) is 4.98 Å². The maximum Gasteiger partial charge on any atom is 0.283 e. The smallest absolute Gasteiger partial charge is 0.283 e. The standard InChI is InChI=1S/C23H20N6O2S3/c1-3-32-23-28-27-21(34-23)25-17(30)12-33-22-26-18-14-9-5-6-10-15(14)24-19(18)20(31)29(22)16-11-7-4-8-13(16)2/h4-11,24H,3,12H2,1-2H3,(H,25,27,30). The van der Waals surface area contributed by atoms with Gasteiger partial charge in [-0.05, 0) is 30.4 Å². The van der Waals surface area contributed by atoms with Gasteiger partial charge >= 0.3 is 0 Å². The molecule has 0 spiro atoms. The SMILES string of the molecule is CCSc1nnc(NC(=O)CSc2nc3c([nH]c4ccccc43)c(=O)n2-c2ccccc2C)s1. The Labute approximate surface area is 207 Å². The molecule has 0 saturated carbocycles. The second-order valence-electron chi connectivity index (χ2n) is 7.36. The van der Waals surface area contributed by atoms with Crippen LogP contribution in [0.1, 0.15) is 12.5 Å². The number of para-hydroxylation sites is 2. The molecule has 5 rings (SSSR count). The van der Waals surface area contributed by atoms with Gasteiger partial charge in [-0.3, -0.25) is 19.5 Å². The van der Waals surface area contributed by atoms with E-state index in [0.29, 0.717) is 21.3 Å². The summed E-state index contributed by atoms with van der Waals surface area (Å²) in [5.41, 5.74) is 3.34. The van der Waals surface area contributed by atoms with Gasteiger partial charge in [-0.1, -0.05) is 78.2 Å². The fourth-order valence-electron chi connectivity index (χ4n) is 3.59. The largest absolute Gasteiger partial charge is 0.349 e. The molecule has 3 aromatic heterocycles. The van der Waals surface area contributed by atoms with Crippen molar-refractivity contribution in [1.29, 1.82) is 0 Å². The van der Waals surface area contributed by atoms with Crippen LogP contribution in [0.5, 0.6) is 0 Å². The molecule has 2 N–H and O–H groups in total. The molecular weight excluding hydrogens is 488 g/mol. The Bertz CT molecular complexity index is 1570. The molecule has 5 aromatic rings. The summed E-state index contributed by atoms with van der Waals surface area (Å²) in [6.45, 7) is 3.98. The van der Waals surface area contributed by atoms with Crippen molar-refractivity contribution >= 4 is 67.8 Å². The number of amides is 1. The van der Waals surface area contributed by atoms with Crippen LogP contribution < -0.4 is 10.9 Å². The summed E-state index contributed by atoms with van der Waals surface area (Å²) in [5, 5.41) is 12.6. The predicted octanol–water partition coefficient (Wildman–Crippen LogP) is 4.87. The van der Waals surface area contributed by atoms with Crippen LogP contribution in [-0.2, 0) is 4.79 Å². The van der Waals surface area contributed by atoms with Gasteiger partial charge in [0.15, 0.2) is 9.50 Å². The minimum atomic E-state index is -0.237. The molecule has 11 heteroatoms. The zero-order valence-corrected chi connectivity index (χ0v) is 20.8. The second kappa shape index (κ2) is 9.61. The fourth-order valence-corrected chi connectivity index (χ4v) is 6.06. The molecule has 172 valence electrons. The first-order valence-corrected chi connectivity index (χ1v) is 13.3. The van der Waals surface area contributed by atoms with E-state index in [1.807, 2.05) is 62.4 Å². The lowest BCUT2D eigenvalue weighted by Crippen LogP contribution is -2.23. The molecule has 0 radical (unpaired) electrons. The van der Waals surface area contributed by atoms with Crippen molar-refractivity contribution in [3.8, 4) is 5.69 Å². The molecule has 0 bridgehead atoms. The number of carbonyl (C=O) groups excluding carboxylic acids is 1. The Morgan fingerprint density at radius 3 is 2.74 bits per heavy atom. The van der Waals surface area contributed by atoms with E-state index in [-0.39, 0.29) is 17.2 Å². The number of nitrogens with one attached hydrogen (secondary N) is 2. The lowest BCUT2D eigenvalue weighted by atomic mass is 10.2. The van der Waals surface area contributed by atoms with Gasteiger partial charge in [-0.25, -0.2) is 4.98 Å². The number of benzene rings is 2. The van der Waals surface area contributed by atoms with Gasteiger partial charge < -0.3 is 4.98 Å². The van der Waals surface area contributed by atoms with Crippen molar-refractivity contribution in [3.63, 3.8) is 0 Å². The van der Waals surface area contributed by atoms with Crippen molar-refractivity contribution in [2.45, 2.75) is 23.3 Å². The monoisotopic (exact) mass is 508 g/mol. The van der Waals surface area contributed by atoms with Crippen LogP contribution in [-0.4, -0.2) is 42.1 Å². The summed E-state index contributed by atoms with van der Waals surface area (Å²) < 4.78 is 2.39. The number of aromatic nitrogens is 5. The van der Waals surface area contributed by atoms with Gasteiger partial charge in [0.25, 0.3) is 5.56 Å². The highest BCUT2D eigenvalue weighted by Gasteiger charge is 2.19. The first-order valence-electron chi connectivity index (χ1n) is 10.5. The highest BCUT2D eigenvalue weighted by molar-refractivity contribution is 8.01. The number of hydrogen-bond acceptors (Lipinski definition) is 8. The number of thioether (sulfide) groups is 2. The van der Waals surface area contributed by atoms with Crippen LogP contribution >= 0.6 is 34.9 Å². The molecule has 3 heterocycles. The number of aryl methyl sites for hydroxylation is 1. The van der Waals surface area contributed by atoms with Crippen molar-refractivity contribution < 1.29 is 4.79 Å². The zero-order valence-electron chi connectivity index (χ0n) is 18.4. The van der Waals surface area contributed by atoms with E-state index in [0.717, 1.165) is 32.2 Å². The van der Waals surface area contributed by atoms with Gasteiger partial charge in [0.1, 0.15) is 11.0 Å². The van der Waals surface area contributed by atoms with E-state index < -0.39 is 0 Å². The minimum absolute atomic E-state index is 0.0714. The van der Waals surface area contributed by atoms with E-state index in [1.54, 1.807) is 16.3 Å². The molecule has 0 unspecified atom stereocenters. The number of aromatic amines is 1. The quantitative estimate of drug-likeness (QED) is 0.184. The van der Waals surface area contributed by atoms with Crippen LogP contribution in [0.25, 0.3) is 27.6 Å². The van der Waals surface area contributed by atoms with E-state index in [2.05, 4.69) is 20.5 Å². The first-order chi connectivity index (χ1) is 16.5. The summed E-state index contributed by atoms with van der Waals surface area (Å²) in [5.74, 6) is 0.720. The third-order valence-electron chi connectivity index (χ3n) is 5.10. The van der Waals surface area contributed by atoms with Crippen LogP contribution in [0, 0.1) is 6.92 Å². The topological polar surface area (TPSA) is 106 Å². The second-order valence-corrected chi connectivity index (χ2v) is 10.8. The normalized spacial score (nSPS) is 11.4. The van der Waals surface area contributed by atoms with Crippen LogP contribution in [0.15, 0.2) is 62.8 Å². The number of carbonyl (C=O) groups is 1. The average Bonchev–Trinajstić information content (AvgIpc) is 3.43. The maximum atomic E-state index is 13.6. The molecule has 0 atom stereocenters. The van der Waals surface area contributed by atoms with Gasteiger partial charge in [-0.15, -0.1) is 10.2 Å². The molecular formula is C23H20N6O2S3. The molecule has 0 saturated heterocycles. The van der Waals surface area contributed by atoms with Crippen LogP contribution in [0.2, 0.25) is 0 Å². The number of anilines is 1. The van der Waals surface area contributed by atoms with Crippen LogP contribution in [0.3, 0.4) is 0 Å². The summed E-state index contributed by atoms with van der Waals surface area (Å²) in [7, 11) is 0. The third-order valence-corrected chi connectivity index (χ3v) is 7.90. The molecule has 1 amide bonds. The number of hydrogen-bond donors (Lipinski definition) is 2. The van der Waals surface area contributed by atoms with E-state index in [1.165, 1.54) is 23.1 Å². The molecule has 0 aliphatic heterocycles. The number of H-pyrrole nitrogens is 1.